The fourth-order valence-electron chi connectivity index (χ4n) is 3.92. The standard InChI is InChI=1S/C20H29N7O2/c1-4-13(12-23-19(21)22)16-24-17(26-5-8-28-9-6-26)14-11-15-20(2,3)29-10-7-27(15)18(14)25-16/h11-12H,4-10H2,1-3H3,(H4,21,22,23)/b13-12+. The van der Waals surface area contributed by atoms with Gasteiger partial charge in [-0.2, -0.15) is 0 Å². The summed E-state index contributed by atoms with van der Waals surface area (Å²) in [5.41, 5.74) is 13.6. The van der Waals surface area contributed by atoms with Gasteiger partial charge in [-0.05, 0) is 26.3 Å². The van der Waals surface area contributed by atoms with Crippen LogP contribution in [-0.4, -0.2) is 53.4 Å². The molecule has 2 aromatic rings. The summed E-state index contributed by atoms with van der Waals surface area (Å²) in [7, 11) is 0. The fraction of sp³-hybridized carbons (Fsp3) is 0.550. The van der Waals surface area contributed by atoms with Crippen LogP contribution in [-0.2, 0) is 21.6 Å². The minimum Gasteiger partial charge on any atom is -0.378 e. The number of allylic oxidation sites excluding steroid dienone is 1. The van der Waals surface area contributed by atoms with Crippen LogP contribution in [0.4, 0.5) is 5.82 Å². The smallest absolute Gasteiger partial charge is 0.190 e. The van der Waals surface area contributed by atoms with Gasteiger partial charge in [0, 0.05) is 31.4 Å². The number of hydrogen-bond acceptors (Lipinski definition) is 6. The molecule has 2 aliphatic rings. The Bertz CT molecular complexity index is 967. The minimum absolute atomic E-state index is 0.0180. The van der Waals surface area contributed by atoms with Crippen LogP contribution in [0.2, 0.25) is 0 Å². The molecule has 0 spiro atoms. The van der Waals surface area contributed by atoms with Crippen LogP contribution in [0.3, 0.4) is 0 Å². The molecule has 1 fully saturated rings. The Hall–Kier alpha value is -2.65. The van der Waals surface area contributed by atoms with Gasteiger partial charge in [-0.15, -0.1) is 0 Å². The number of nitrogens with two attached hydrogens (primary N) is 2. The van der Waals surface area contributed by atoms with Crippen LogP contribution < -0.4 is 16.4 Å². The SMILES string of the molecule is CC/C(=C\N=C(N)N)c1nc(N2CCOCC2)c2cc3n(c2n1)CCOC3(C)C. The van der Waals surface area contributed by atoms with E-state index in [1.807, 2.05) is 6.92 Å². The lowest BCUT2D eigenvalue weighted by atomic mass is 10.0. The van der Waals surface area contributed by atoms with Gasteiger partial charge in [0.25, 0.3) is 0 Å². The van der Waals surface area contributed by atoms with Crippen molar-refractivity contribution in [1.29, 1.82) is 0 Å². The Morgan fingerprint density at radius 1 is 1.21 bits per heavy atom. The maximum atomic E-state index is 6.01. The van der Waals surface area contributed by atoms with Crippen molar-refractivity contribution in [1.82, 2.24) is 14.5 Å². The van der Waals surface area contributed by atoms with Crippen LogP contribution in [0.15, 0.2) is 17.3 Å². The molecule has 0 amide bonds. The third-order valence-corrected chi connectivity index (χ3v) is 5.48. The van der Waals surface area contributed by atoms with Crippen molar-refractivity contribution in [2.75, 3.05) is 37.8 Å². The summed E-state index contributed by atoms with van der Waals surface area (Å²) < 4.78 is 13.8. The highest BCUT2D eigenvalue weighted by Crippen LogP contribution is 2.37. The fourth-order valence-corrected chi connectivity index (χ4v) is 3.92. The molecule has 29 heavy (non-hydrogen) atoms. The summed E-state index contributed by atoms with van der Waals surface area (Å²) in [6, 6.07) is 2.18. The molecule has 4 N–H and O–H groups in total. The number of rotatable bonds is 4. The highest BCUT2D eigenvalue weighted by Gasteiger charge is 2.32. The Morgan fingerprint density at radius 2 is 1.97 bits per heavy atom. The Balaban J connectivity index is 1.94. The number of hydrogen-bond donors (Lipinski definition) is 2. The second-order valence-corrected chi connectivity index (χ2v) is 7.81. The largest absolute Gasteiger partial charge is 0.378 e. The number of morpholine rings is 1. The number of aromatic nitrogens is 3. The number of nitrogens with zero attached hydrogens (tertiary/aromatic N) is 5. The average molecular weight is 399 g/mol. The van der Waals surface area contributed by atoms with E-state index in [2.05, 4.69) is 34.4 Å². The van der Waals surface area contributed by atoms with Gasteiger partial charge in [0.1, 0.15) is 17.1 Å². The molecule has 0 saturated carbocycles. The van der Waals surface area contributed by atoms with Gasteiger partial charge in [0.05, 0.1) is 30.9 Å². The number of ether oxygens (including phenoxy) is 2. The van der Waals surface area contributed by atoms with Gasteiger partial charge in [-0.1, -0.05) is 6.92 Å². The van der Waals surface area contributed by atoms with E-state index in [4.69, 9.17) is 30.9 Å². The van der Waals surface area contributed by atoms with Gasteiger partial charge in [0.15, 0.2) is 11.8 Å². The van der Waals surface area contributed by atoms with E-state index in [1.54, 1.807) is 6.20 Å². The van der Waals surface area contributed by atoms with Crippen LogP contribution in [0.5, 0.6) is 0 Å². The molecule has 2 aliphatic heterocycles. The lowest BCUT2D eigenvalue weighted by Crippen LogP contribution is -2.37. The Kier molecular flexibility index (Phi) is 5.18. The molecule has 4 rings (SSSR count). The first-order chi connectivity index (χ1) is 13.9. The van der Waals surface area contributed by atoms with Crippen molar-refractivity contribution < 1.29 is 9.47 Å². The molecule has 1 saturated heterocycles. The second-order valence-electron chi connectivity index (χ2n) is 7.81. The summed E-state index contributed by atoms with van der Waals surface area (Å²) in [6.07, 6.45) is 2.37. The average Bonchev–Trinajstić information content (AvgIpc) is 3.09. The van der Waals surface area contributed by atoms with Gasteiger partial charge >= 0.3 is 0 Å². The zero-order valence-corrected chi connectivity index (χ0v) is 17.3. The van der Waals surface area contributed by atoms with Gasteiger partial charge in [-0.25, -0.2) is 15.0 Å². The van der Waals surface area contributed by atoms with E-state index in [9.17, 15) is 0 Å². The molecule has 9 nitrogen and oxygen atoms in total. The first-order valence-corrected chi connectivity index (χ1v) is 10.1. The van der Waals surface area contributed by atoms with E-state index >= 15 is 0 Å². The molecule has 0 unspecified atom stereocenters. The minimum atomic E-state index is -0.372. The van der Waals surface area contributed by atoms with Gasteiger partial charge in [0.2, 0.25) is 0 Å². The lowest BCUT2D eigenvalue weighted by Gasteiger charge is -2.32. The predicted molar refractivity (Wildman–Crippen MR) is 114 cm³/mol. The highest BCUT2D eigenvalue weighted by atomic mass is 16.5. The van der Waals surface area contributed by atoms with E-state index in [0.717, 1.165) is 47.8 Å². The molecule has 0 aromatic carbocycles. The van der Waals surface area contributed by atoms with Crippen molar-refractivity contribution in [2.45, 2.75) is 39.3 Å². The van der Waals surface area contributed by atoms with Crippen LogP contribution in [0, 0.1) is 0 Å². The second kappa shape index (κ2) is 7.64. The monoisotopic (exact) mass is 399 g/mol. The molecule has 0 radical (unpaired) electrons. The summed E-state index contributed by atoms with van der Waals surface area (Å²) >= 11 is 0. The van der Waals surface area contributed by atoms with Crippen LogP contribution in [0.1, 0.15) is 38.7 Å². The summed E-state index contributed by atoms with van der Waals surface area (Å²) in [5.74, 6) is 1.59. The zero-order chi connectivity index (χ0) is 20.6. The Labute approximate surface area is 170 Å². The lowest BCUT2D eigenvalue weighted by molar-refractivity contribution is -0.0494. The first-order valence-electron chi connectivity index (χ1n) is 10.1. The topological polar surface area (TPSA) is 117 Å². The molecule has 9 heteroatoms. The highest BCUT2D eigenvalue weighted by molar-refractivity contribution is 5.90. The van der Waals surface area contributed by atoms with E-state index in [0.29, 0.717) is 32.1 Å². The van der Waals surface area contributed by atoms with E-state index in [1.165, 1.54) is 0 Å². The Morgan fingerprint density at radius 3 is 2.66 bits per heavy atom. The number of fused-ring (bicyclic) bond motifs is 3. The molecule has 0 atom stereocenters. The molecule has 0 aliphatic carbocycles. The summed E-state index contributed by atoms with van der Waals surface area (Å²) in [5, 5.41) is 1.04. The quantitative estimate of drug-likeness (QED) is 0.592. The number of guanidine groups is 1. The van der Waals surface area contributed by atoms with Crippen molar-refractivity contribution in [3.63, 3.8) is 0 Å². The summed E-state index contributed by atoms with van der Waals surface area (Å²) in [6.45, 7) is 10.6. The zero-order valence-electron chi connectivity index (χ0n) is 17.3. The van der Waals surface area contributed by atoms with Gasteiger partial charge in [-0.3, -0.25) is 0 Å². The molecule has 4 heterocycles. The van der Waals surface area contributed by atoms with Crippen molar-refractivity contribution >= 4 is 28.4 Å². The van der Waals surface area contributed by atoms with Crippen LogP contribution in [0.25, 0.3) is 16.6 Å². The number of aliphatic imine (C=N–C) groups is 1. The maximum Gasteiger partial charge on any atom is 0.190 e. The third kappa shape index (κ3) is 3.67. The molecular formula is C20H29N7O2. The molecular weight excluding hydrogens is 370 g/mol. The molecule has 2 aromatic heterocycles. The van der Waals surface area contributed by atoms with Crippen molar-refractivity contribution in [3.05, 3.63) is 23.8 Å². The van der Waals surface area contributed by atoms with E-state index in [-0.39, 0.29) is 11.6 Å². The molecule has 0 bridgehead atoms. The predicted octanol–water partition coefficient (Wildman–Crippen LogP) is 1.56. The normalized spacial score (nSPS) is 19.3. The summed E-state index contributed by atoms with van der Waals surface area (Å²) in [4.78, 5) is 16.2. The van der Waals surface area contributed by atoms with Crippen molar-refractivity contribution in [3.8, 4) is 0 Å². The van der Waals surface area contributed by atoms with Crippen molar-refractivity contribution in [2.24, 2.45) is 16.5 Å². The first kappa shape index (κ1) is 19.7. The van der Waals surface area contributed by atoms with Gasteiger partial charge < -0.3 is 30.4 Å². The van der Waals surface area contributed by atoms with Crippen LogP contribution >= 0.6 is 0 Å². The third-order valence-electron chi connectivity index (χ3n) is 5.48. The van der Waals surface area contributed by atoms with E-state index < -0.39 is 0 Å². The molecule has 156 valence electrons. The maximum absolute atomic E-state index is 6.01. The number of anilines is 1.